The van der Waals surface area contributed by atoms with E-state index in [1.54, 1.807) is 53.4 Å². The quantitative estimate of drug-likeness (QED) is 0.562. The molecule has 4 rings (SSSR count). The van der Waals surface area contributed by atoms with E-state index in [2.05, 4.69) is 20.6 Å². The maximum atomic E-state index is 12.3. The Morgan fingerprint density at radius 1 is 1.09 bits per heavy atom. The van der Waals surface area contributed by atoms with E-state index < -0.39 is 6.03 Å². The van der Waals surface area contributed by atoms with E-state index in [0.29, 0.717) is 36.1 Å². The standard InChI is InChI=1S/C22H22N6O4/c1-31-18-12-24-21(27-20(18)23)14-2-4-15(5-3-14)25-22(30)26-16-6-8-17(9-7-16)28-10-11-32-13-19(28)29/h2-9,12H,10-11,13H2,1H3,(H2,23,24,27)(H2,25,26,30). The molecule has 4 N–H and O–H groups in total. The van der Waals surface area contributed by atoms with E-state index in [1.807, 2.05) is 0 Å². The van der Waals surface area contributed by atoms with Crippen LogP contribution in [0.4, 0.5) is 27.7 Å². The highest BCUT2D eigenvalue weighted by Gasteiger charge is 2.20. The van der Waals surface area contributed by atoms with Gasteiger partial charge in [0.2, 0.25) is 0 Å². The molecule has 10 heteroatoms. The second-order valence-corrected chi connectivity index (χ2v) is 6.95. The molecule has 3 amide bonds. The van der Waals surface area contributed by atoms with Crippen LogP contribution in [0.25, 0.3) is 11.4 Å². The highest BCUT2D eigenvalue weighted by atomic mass is 16.5. The van der Waals surface area contributed by atoms with Crippen LogP contribution < -0.4 is 26.0 Å². The number of rotatable bonds is 5. The second-order valence-electron chi connectivity index (χ2n) is 6.95. The van der Waals surface area contributed by atoms with Crippen LogP contribution in [-0.2, 0) is 9.53 Å². The van der Waals surface area contributed by atoms with Gasteiger partial charge >= 0.3 is 6.03 Å². The van der Waals surface area contributed by atoms with Gasteiger partial charge in [-0.1, -0.05) is 0 Å². The smallest absolute Gasteiger partial charge is 0.323 e. The van der Waals surface area contributed by atoms with Gasteiger partial charge in [-0.05, 0) is 48.5 Å². The molecule has 10 nitrogen and oxygen atoms in total. The highest BCUT2D eigenvalue weighted by molar-refractivity contribution is 6.00. The van der Waals surface area contributed by atoms with Crippen molar-refractivity contribution in [2.75, 3.05) is 48.1 Å². The number of aromatic nitrogens is 2. The minimum Gasteiger partial charge on any atom is -0.491 e. The summed E-state index contributed by atoms with van der Waals surface area (Å²) in [6.45, 7) is 1.10. The van der Waals surface area contributed by atoms with Crippen molar-refractivity contribution in [2.24, 2.45) is 0 Å². The summed E-state index contributed by atoms with van der Waals surface area (Å²) >= 11 is 0. The van der Waals surface area contributed by atoms with E-state index in [4.69, 9.17) is 15.2 Å². The molecule has 0 radical (unpaired) electrons. The number of carbonyl (C=O) groups excluding carboxylic acids is 2. The molecule has 1 aliphatic heterocycles. The minimum absolute atomic E-state index is 0.0825. The third kappa shape index (κ3) is 4.76. The Morgan fingerprint density at radius 2 is 1.75 bits per heavy atom. The average Bonchev–Trinajstić information content (AvgIpc) is 2.80. The number of morpholine rings is 1. The summed E-state index contributed by atoms with van der Waals surface area (Å²) in [6.07, 6.45) is 1.51. The van der Waals surface area contributed by atoms with Crippen molar-refractivity contribution in [1.82, 2.24) is 9.97 Å². The van der Waals surface area contributed by atoms with E-state index in [0.717, 1.165) is 11.3 Å². The molecule has 1 fully saturated rings. The number of benzene rings is 2. The first-order valence-corrected chi connectivity index (χ1v) is 9.86. The fourth-order valence-corrected chi connectivity index (χ4v) is 3.19. The fourth-order valence-electron chi connectivity index (χ4n) is 3.19. The molecule has 1 aliphatic rings. The van der Waals surface area contributed by atoms with Gasteiger partial charge in [-0.3, -0.25) is 4.79 Å². The summed E-state index contributed by atoms with van der Waals surface area (Å²) in [5.41, 5.74) is 8.55. The van der Waals surface area contributed by atoms with Crippen LogP contribution in [0, 0.1) is 0 Å². The van der Waals surface area contributed by atoms with Gasteiger partial charge < -0.3 is 30.7 Å². The number of methoxy groups -OCH3 is 1. The first kappa shape index (κ1) is 21.1. The molecule has 0 spiro atoms. The fraction of sp³-hybridized carbons (Fsp3) is 0.182. The lowest BCUT2D eigenvalue weighted by atomic mass is 10.2. The Kier molecular flexibility index (Phi) is 6.13. The van der Waals surface area contributed by atoms with Crippen LogP contribution in [0.3, 0.4) is 0 Å². The molecule has 3 aromatic rings. The van der Waals surface area contributed by atoms with E-state index >= 15 is 0 Å². The molecule has 0 atom stereocenters. The molecule has 0 unspecified atom stereocenters. The van der Waals surface area contributed by atoms with Crippen LogP contribution in [0.15, 0.2) is 54.7 Å². The van der Waals surface area contributed by atoms with E-state index in [-0.39, 0.29) is 18.3 Å². The average molecular weight is 434 g/mol. The largest absolute Gasteiger partial charge is 0.491 e. The third-order valence-corrected chi connectivity index (χ3v) is 4.83. The second kappa shape index (κ2) is 9.31. The number of nitrogen functional groups attached to an aromatic ring is 1. The number of hydrogen-bond acceptors (Lipinski definition) is 7. The summed E-state index contributed by atoms with van der Waals surface area (Å²) in [5, 5.41) is 5.53. The maximum Gasteiger partial charge on any atom is 0.323 e. The summed E-state index contributed by atoms with van der Waals surface area (Å²) in [6, 6.07) is 13.7. The third-order valence-electron chi connectivity index (χ3n) is 4.83. The molecule has 0 aliphatic carbocycles. The van der Waals surface area contributed by atoms with Gasteiger partial charge in [0.05, 0.1) is 19.9 Å². The van der Waals surface area contributed by atoms with E-state index in [1.165, 1.54) is 13.3 Å². The van der Waals surface area contributed by atoms with Crippen molar-refractivity contribution in [3.63, 3.8) is 0 Å². The molecule has 2 heterocycles. The summed E-state index contributed by atoms with van der Waals surface area (Å²) in [4.78, 5) is 34.4. The Labute approximate surface area is 184 Å². The van der Waals surface area contributed by atoms with Gasteiger partial charge in [0.25, 0.3) is 5.91 Å². The van der Waals surface area contributed by atoms with Crippen molar-refractivity contribution < 1.29 is 19.1 Å². The van der Waals surface area contributed by atoms with Crippen molar-refractivity contribution in [3.8, 4) is 17.1 Å². The number of amides is 3. The number of nitrogens with one attached hydrogen (secondary N) is 2. The normalized spacial score (nSPS) is 13.5. The number of urea groups is 1. The monoisotopic (exact) mass is 434 g/mol. The highest BCUT2D eigenvalue weighted by Crippen LogP contribution is 2.24. The SMILES string of the molecule is COc1cnc(-c2ccc(NC(=O)Nc3ccc(N4CCOCC4=O)cc3)cc2)nc1N. The van der Waals surface area contributed by atoms with Gasteiger partial charge in [-0.25, -0.2) is 14.8 Å². The summed E-state index contributed by atoms with van der Waals surface area (Å²) in [7, 11) is 1.50. The van der Waals surface area contributed by atoms with Crippen molar-refractivity contribution in [3.05, 3.63) is 54.7 Å². The molecule has 32 heavy (non-hydrogen) atoms. The van der Waals surface area contributed by atoms with Crippen molar-refractivity contribution in [1.29, 1.82) is 0 Å². The number of carbonyl (C=O) groups is 2. The predicted octanol–water partition coefficient (Wildman–Crippen LogP) is 2.74. The molecule has 0 bridgehead atoms. The zero-order valence-electron chi connectivity index (χ0n) is 17.4. The lowest BCUT2D eigenvalue weighted by Crippen LogP contribution is -2.41. The lowest BCUT2D eigenvalue weighted by Gasteiger charge is -2.26. The van der Waals surface area contributed by atoms with Crippen LogP contribution in [0.1, 0.15) is 0 Å². The Hall–Kier alpha value is -4.18. The van der Waals surface area contributed by atoms with Gasteiger partial charge in [-0.2, -0.15) is 0 Å². The summed E-state index contributed by atoms with van der Waals surface area (Å²) < 4.78 is 10.2. The van der Waals surface area contributed by atoms with Gasteiger partial charge in [-0.15, -0.1) is 0 Å². The van der Waals surface area contributed by atoms with Gasteiger partial charge in [0, 0.05) is 29.2 Å². The number of nitrogens with two attached hydrogens (primary N) is 1. The number of hydrogen-bond donors (Lipinski definition) is 3. The van der Waals surface area contributed by atoms with Gasteiger partial charge in [0.1, 0.15) is 6.61 Å². The minimum atomic E-state index is -0.391. The molecule has 164 valence electrons. The van der Waals surface area contributed by atoms with E-state index in [9.17, 15) is 9.59 Å². The van der Waals surface area contributed by atoms with Gasteiger partial charge in [0.15, 0.2) is 17.4 Å². The Balaban J connectivity index is 1.36. The molecular formula is C22H22N6O4. The van der Waals surface area contributed by atoms with Crippen LogP contribution in [0.2, 0.25) is 0 Å². The maximum absolute atomic E-state index is 12.3. The zero-order chi connectivity index (χ0) is 22.5. The van der Waals surface area contributed by atoms with Crippen molar-refractivity contribution in [2.45, 2.75) is 0 Å². The van der Waals surface area contributed by atoms with Crippen LogP contribution in [0.5, 0.6) is 5.75 Å². The molecule has 1 saturated heterocycles. The predicted molar refractivity (Wildman–Crippen MR) is 121 cm³/mol. The first-order valence-electron chi connectivity index (χ1n) is 9.86. The van der Waals surface area contributed by atoms with Crippen LogP contribution in [-0.4, -0.2) is 48.8 Å². The lowest BCUT2D eigenvalue weighted by molar-refractivity contribution is -0.125. The molecule has 0 saturated carbocycles. The number of ether oxygens (including phenoxy) is 2. The first-order chi connectivity index (χ1) is 15.5. The zero-order valence-corrected chi connectivity index (χ0v) is 17.4. The Bertz CT molecular complexity index is 1120. The topological polar surface area (TPSA) is 132 Å². The molecule has 2 aromatic carbocycles. The number of nitrogens with zero attached hydrogens (tertiary/aromatic N) is 3. The van der Waals surface area contributed by atoms with Crippen LogP contribution >= 0.6 is 0 Å². The number of anilines is 4. The summed E-state index contributed by atoms with van der Waals surface area (Å²) in [5.74, 6) is 1.04. The Morgan fingerprint density at radius 3 is 2.34 bits per heavy atom. The van der Waals surface area contributed by atoms with Crippen molar-refractivity contribution >= 4 is 34.8 Å². The molecule has 1 aromatic heterocycles. The molecular weight excluding hydrogens is 412 g/mol.